The van der Waals surface area contributed by atoms with E-state index in [1.807, 2.05) is 12.2 Å². The van der Waals surface area contributed by atoms with Gasteiger partial charge >= 0.3 is 0 Å². The van der Waals surface area contributed by atoms with Crippen LogP contribution in [0.25, 0.3) is 0 Å². The maximum atomic E-state index is 12.8. The third kappa shape index (κ3) is 4.44. The average Bonchev–Trinajstić information content (AvgIpc) is 3.02. The van der Waals surface area contributed by atoms with E-state index < -0.39 is 10.0 Å². The highest BCUT2D eigenvalue weighted by Gasteiger charge is 2.47. The molecule has 1 aliphatic carbocycles. The largest absolute Gasteiger partial charge is 0.381 e. The SMILES string of the molecule is CC(C)(C)C1=NC2=CC(NS(=O)(=O)c3ccccc3)=CCC2(C)N1CC1CCOCC1. The minimum Gasteiger partial charge on any atom is -0.381 e. The number of aliphatic imine (C=N–C) groups is 1. The smallest absolute Gasteiger partial charge is 0.261 e. The molecule has 2 aliphatic heterocycles. The first-order chi connectivity index (χ1) is 14.6. The Balaban J connectivity index is 1.61. The van der Waals surface area contributed by atoms with E-state index in [2.05, 4.69) is 37.3 Å². The van der Waals surface area contributed by atoms with E-state index in [1.165, 1.54) is 0 Å². The Kier molecular flexibility index (Phi) is 5.77. The lowest BCUT2D eigenvalue weighted by Crippen LogP contribution is -2.52. The van der Waals surface area contributed by atoms with Crippen LogP contribution in [-0.2, 0) is 14.8 Å². The molecule has 1 unspecified atom stereocenters. The monoisotopic (exact) mass is 443 g/mol. The summed E-state index contributed by atoms with van der Waals surface area (Å²) in [6.45, 7) is 11.4. The molecule has 3 aliphatic rings. The molecule has 31 heavy (non-hydrogen) atoms. The van der Waals surface area contributed by atoms with Crippen LogP contribution in [0.2, 0.25) is 0 Å². The number of sulfonamides is 1. The maximum absolute atomic E-state index is 12.8. The molecule has 168 valence electrons. The number of amidine groups is 1. The number of nitrogens with one attached hydrogen (secondary N) is 1. The molecule has 1 atom stereocenters. The molecule has 2 heterocycles. The van der Waals surface area contributed by atoms with Crippen molar-refractivity contribution in [3.05, 3.63) is 53.9 Å². The van der Waals surface area contributed by atoms with Gasteiger partial charge in [0.15, 0.2) is 0 Å². The molecule has 1 N–H and O–H groups in total. The van der Waals surface area contributed by atoms with Crippen molar-refractivity contribution in [1.82, 2.24) is 9.62 Å². The summed E-state index contributed by atoms with van der Waals surface area (Å²) in [5.74, 6) is 1.66. The summed E-state index contributed by atoms with van der Waals surface area (Å²) in [4.78, 5) is 7.77. The lowest BCUT2D eigenvalue weighted by atomic mass is 9.85. The molecule has 0 aromatic heterocycles. The molecular formula is C24H33N3O3S. The third-order valence-corrected chi connectivity index (χ3v) is 7.80. The highest BCUT2D eigenvalue weighted by atomic mass is 32.2. The van der Waals surface area contributed by atoms with Crippen molar-refractivity contribution in [1.29, 1.82) is 0 Å². The van der Waals surface area contributed by atoms with Crippen LogP contribution < -0.4 is 4.72 Å². The van der Waals surface area contributed by atoms with Gasteiger partial charge in [0, 0.05) is 30.9 Å². The summed E-state index contributed by atoms with van der Waals surface area (Å²) in [6, 6.07) is 8.46. The van der Waals surface area contributed by atoms with Crippen LogP contribution in [0.15, 0.2) is 63.8 Å². The summed E-state index contributed by atoms with van der Waals surface area (Å²) >= 11 is 0. The topological polar surface area (TPSA) is 71.0 Å². The molecule has 0 bridgehead atoms. The minimum atomic E-state index is -3.63. The predicted octanol–water partition coefficient (Wildman–Crippen LogP) is 4.08. The second kappa shape index (κ2) is 8.10. The molecule has 7 heteroatoms. The lowest BCUT2D eigenvalue weighted by Gasteiger charge is -2.43. The van der Waals surface area contributed by atoms with E-state index in [9.17, 15) is 8.42 Å². The Bertz CT molecular complexity index is 1020. The fourth-order valence-corrected chi connectivity index (χ4v) is 5.60. The zero-order valence-electron chi connectivity index (χ0n) is 18.9. The van der Waals surface area contributed by atoms with Gasteiger partial charge in [0.05, 0.1) is 16.1 Å². The Morgan fingerprint density at radius 3 is 2.52 bits per heavy atom. The van der Waals surface area contributed by atoms with Crippen LogP contribution in [-0.4, -0.2) is 44.5 Å². The summed E-state index contributed by atoms with van der Waals surface area (Å²) in [5, 5.41) is 0. The highest BCUT2D eigenvalue weighted by Crippen LogP contribution is 2.43. The first kappa shape index (κ1) is 22.1. The lowest BCUT2D eigenvalue weighted by molar-refractivity contribution is 0.0521. The first-order valence-electron chi connectivity index (χ1n) is 11.0. The number of fused-ring (bicyclic) bond motifs is 1. The quantitative estimate of drug-likeness (QED) is 0.744. The number of rotatable bonds is 5. The van der Waals surface area contributed by atoms with Crippen molar-refractivity contribution in [2.75, 3.05) is 19.8 Å². The Morgan fingerprint density at radius 1 is 1.19 bits per heavy atom. The van der Waals surface area contributed by atoms with Crippen LogP contribution in [0.4, 0.5) is 0 Å². The number of allylic oxidation sites excluding steroid dienone is 1. The molecular weight excluding hydrogens is 410 g/mol. The van der Waals surface area contributed by atoms with Gasteiger partial charge in [-0.1, -0.05) is 45.0 Å². The number of nitrogens with zero attached hydrogens (tertiary/aromatic N) is 2. The number of ether oxygens (including phenoxy) is 1. The average molecular weight is 444 g/mol. The van der Waals surface area contributed by atoms with Crippen LogP contribution >= 0.6 is 0 Å². The Hall–Kier alpha value is -2.12. The summed E-state index contributed by atoms with van der Waals surface area (Å²) in [7, 11) is -3.63. The van der Waals surface area contributed by atoms with Crippen molar-refractivity contribution in [3.8, 4) is 0 Å². The molecule has 0 saturated carbocycles. The highest BCUT2D eigenvalue weighted by molar-refractivity contribution is 7.89. The molecule has 0 amide bonds. The molecule has 1 aromatic rings. The van der Waals surface area contributed by atoms with E-state index in [4.69, 9.17) is 9.73 Å². The maximum Gasteiger partial charge on any atom is 0.261 e. The molecule has 1 aromatic carbocycles. The van der Waals surface area contributed by atoms with Crippen LogP contribution in [0, 0.1) is 11.3 Å². The molecule has 0 spiro atoms. The fourth-order valence-electron chi connectivity index (χ4n) is 4.52. The van der Waals surface area contributed by atoms with Gasteiger partial charge in [0.2, 0.25) is 0 Å². The van der Waals surface area contributed by atoms with Crippen molar-refractivity contribution in [3.63, 3.8) is 0 Å². The summed E-state index contributed by atoms with van der Waals surface area (Å²) < 4.78 is 33.9. The first-order valence-corrected chi connectivity index (χ1v) is 12.5. The second-order valence-electron chi connectivity index (χ2n) is 9.94. The van der Waals surface area contributed by atoms with Crippen molar-refractivity contribution in [2.24, 2.45) is 16.3 Å². The zero-order chi connectivity index (χ0) is 22.3. The Morgan fingerprint density at radius 2 is 1.87 bits per heavy atom. The van der Waals surface area contributed by atoms with E-state index in [-0.39, 0.29) is 15.8 Å². The van der Waals surface area contributed by atoms with Crippen LogP contribution in [0.5, 0.6) is 0 Å². The van der Waals surface area contributed by atoms with Crippen molar-refractivity contribution < 1.29 is 13.2 Å². The number of hydrogen-bond donors (Lipinski definition) is 1. The second-order valence-corrected chi connectivity index (χ2v) is 11.6. The molecule has 0 radical (unpaired) electrons. The van der Waals surface area contributed by atoms with Gasteiger partial charge in [-0.2, -0.15) is 0 Å². The molecule has 6 nitrogen and oxygen atoms in total. The minimum absolute atomic E-state index is 0.101. The van der Waals surface area contributed by atoms with Gasteiger partial charge in [0.1, 0.15) is 5.84 Å². The summed E-state index contributed by atoms with van der Waals surface area (Å²) in [6.07, 6.45) is 6.74. The zero-order valence-corrected chi connectivity index (χ0v) is 19.7. The van der Waals surface area contributed by atoms with E-state index >= 15 is 0 Å². The van der Waals surface area contributed by atoms with E-state index in [0.29, 0.717) is 18.0 Å². The number of hydrogen-bond acceptors (Lipinski definition) is 5. The van der Waals surface area contributed by atoms with Gasteiger partial charge in [0.25, 0.3) is 10.0 Å². The fraction of sp³-hybridized carbons (Fsp3) is 0.542. The third-order valence-electron chi connectivity index (χ3n) is 6.40. The Labute approximate surface area is 186 Å². The summed E-state index contributed by atoms with van der Waals surface area (Å²) in [5.41, 5.74) is 1.15. The van der Waals surface area contributed by atoms with Crippen LogP contribution in [0.3, 0.4) is 0 Å². The standard InChI is InChI=1S/C24H33N3O3S/c1-23(2,3)22-25-21-16-19(26-31(28,29)20-8-6-5-7-9-20)10-13-24(21,4)27(22)17-18-11-14-30-15-12-18/h5-10,16,18,26H,11-15,17H2,1-4H3. The van der Waals surface area contributed by atoms with Gasteiger partial charge in [-0.05, 0) is 50.3 Å². The van der Waals surface area contributed by atoms with E-state index in [0.717, 1.165) is 44.1 Å². The van der Waals surface area contributed by atoms with E-state index in [1.54, 1.807) is 30.3 Å². The predicted molar refractivity (Wildman–Crippen MR) is 123 cm³/mol. The molecule has 1 saturated heterocycles. The van der Waals surface area contributed by atoms with Crippen molar-refractivity contribution >= 4 is 15.9 Å². The van der Waals surface area contributed by atoms with Crippen molar-refractivity contribution in [2.45, 2.75) is 57.4 Å². The molecule has 1 fully saturated rings. The van der Waals surface area contributed by atoms with Gasteiger partial charge in [-0.3, -0.25) is 4.72 Å². The number of benzene rings is 1. The van der Waals surface area contributed by atoms with Gasteiger partial charge in [-0.25, -0.2) is 13.4 Å². The van der Waals surface area contributed by atoms with Gasteiger partial charge < -0.3 is 9.64 Å². The van der Waals surface area contributed by atoms with Gasteiger partial charge in [-0.15, -0.1) is 0 Å². The van der Waals surface area contributed by atoms with Crippen LogP contribution in [0.1, 0.15) is 47.0 Å². The normalized spacial score (nSPS) is 24.9. The molecule has 4 rings (SSSR count).